The van der Waals surface area contributed by atoms with Gasteiger partial charge >= 0.3 is 18.6 Å². The van der Waals surface area contributed by atoms with Gasteiger partial charge in [0.25, 0.3) is 0 Å². The first-order valence-corrected chi connectivity index (χ1v) is 1.11. The van der Waals surface area contributed by atoms with Crippen LogP contribution in [0, 0.1) is 7.43 Å². The van der Waals surface area contributed by atoms with Crippen molar-refractivity contribution in [3.05, 3.63) is 7.43 Å². The SMILES string of the molecule is C[C-]=S.[CH3-].[V+2]. The molecule has 0 atom stereocenters. The fourth-order valence-electron chi connectivity index (χ4n) is 0. The van der Waals surface area contributed by atoms with Crippen molar-refractivity contribution in [2.24, 2.45) is 0 Å². The smallest absolute Gasteiger partial charge is 0.428 e. The molecule has 0 bridgehead atoms. The molecule has 2 heteroatoms. The molecule has 0 N–H and O–H groups in total. The molecule has 0 aliphatic rings. The van der Waals surface area contributed by atoms with Crippen LogP contribution in [-0.2, 0) is 18.6 Å². The second-order valence-corrected chi connectivity index (χ2v) is 0.612. The van der Waals surface area contributed by atoms with Gasteiger partial charge in [0.15, 0.2) is 0 Å². The molecule has 0 heterocycles. The van der Waals surface area contributed by atoms with Gasteiger partial charge in [0, 0.05) is 0 Å². The summed E-state index contributed by atoms with van der Waals surface area (Å²) in [5, 5.41) is 2.33. The Hall–Kier alpha value is 0.674. The zero-order valence-electron chi connectivity index (χ0n) is 3.36. The van der Waals surface area contributed by atoms with E-state index in [2.05, 4.69) is 17.6 Å². The van der Waals surface area contributed by atoms with E-state index in [0.717, 1.165) is 0 Å². The monoisotopic (exact) mass is 125 g/mol. The first-order chi connectivity index (χ1) is 1.41. The summed E-state index contributed by atoms with van der Waals surface area (Å²) in [6.07, 6.45) is 0. The molecular weight excluding hydrogens is 119 g/mol. The van der Waals surface area contributed by atoms with Gasteiger partial charge in [-0.05, 0) is 0 Å². The summed E-state index contributed by atoms with van der Waals surface area (Å²) in [6, 6.07) is 0. The predicted molar refractivity (Wildman–Crippen MR) is 24.7 cm³/mol. The van der Waals surface area contributed by atoms with Gasteiger partial charge in [-0.2, -0.15) is 6.92 Å². The van der Waals surface area contributed by atoms with Crippen molar-refractivity contribution in [3.63, 3.8) is 0 Å². The van der Waals surface area contributed by atoms with Gasteiger partial charge in [-0.1, -0.05) is 0 Å². The minimum absolute atomic E-state index is 0. The molecule has 0 amide bonds. The van der Waals surface area contributed by atoms with E-state index in [1.807, 2.05) is 0 Å². The first kappa shape index (κ1) is 17.3. The number of rotatable bonds is 0. The molecule has 0 nitrogen and oxygen atoms in total. The van der Waals surface area contributed by atoms with Gasteiger partial charge in [0.1, 0.15) is 0 Å². The van der Waals surface area contributed by atoms with Crippen molar-refractivity contribution in [1.82, 2.24) is 0 Å². The van der Waals surface area contributed by atoms with Crippen LogP contribution < -0.4 is 0 Å². The van der Waals surface area contributed by atoms with E-state index >= 15 is 0 Å². The van der Waals surface area contributed by atoms with Crippen LogP contribution in [0.15, 0.2) is 0 Å². The van der Waals surface area contributed by atoms with Gasteiger partial charge in [0.2, 0.25) is 0 Å². The van der Waals surface area contributed by atoms with Crippen molar-refractivity contribution < 1.29 is 18.6 Å². The van der Waals surface area contributed by atoms with Crippen LogP contribution in [0.2, 0.25) is 0 Å². The van der Waals surface area contributed by atoms with Crippen molar-refractivity contribution in [3.8, 4) is 0 Å². The van der Waals surface area contributed by atoms with Crippen LogP contribution in [-0.4, -0.2) is 5.37 Å². The second kappa shape index (κ2) is 22.5. The summed E-state index contributed by atoms with van der Waals surface area (Å²) in [5.74, 6) is 0. The maximum absolute atomic E-state index is 4.14. The number of hydrogen-bond acceptors (Lipinski definition) is 1. The van der Waals surface area contributed by atoms with E-state index in [9.17, 15) is 0 Å². The van der Waals surface area contributed by atoms with E-state index in [1.165, 1.54) is 0 Å². The fourth-order valence-corrected chi connectivity index (χ4v) is 0. The Morgan fingerprint density at radius 1 is 1.60 bits per heavy atom. The zero-order chi connectivity index (χ0) is 2.71. The van der Waals surface area contributed by atoms with Gasteiger partial charge < -0.3 is 25.0 Å². The Bertz CT molecular complexity index is 14.4. The van der Waals surface area contributed by atoms with E-state index in [-0.39, 0.29) is 26.0 Å². The third-order valence-electron chi connectivity index (χ3n) is 0. The average molecular weight is 125 g/mol. The minimum Gasteiger partial charge on any atom is -0.428 e. The molecular formula is C3H6SV. The first-order valence-electron chi connectivity index (χ1n) is 0.704. The van der Waals surface area contributed by atoms with E-state index < -0.39 is 0 Å². The van der Waals surface area contributed by atoms with Crippen molar-refractivity contribution in [1.29, 1.82) is 0 Å². The summed E-state index contributed by atoms with van der Waals surface area (Å²) >= 11 is 4.14. The molecule has 0 saturated heterocycles. The molecule has 0 spiro atoms. The zero-order valence-corrected chi connectivity index (χ0v) is 5.57. The average Bonchev–Trinajstić information content (AvgIpc) is 0.918. The van der Waals surface area contributed by atoms with Gasteiger partial charge in [0.05, 0.1) is 0 Å². The van der Waals surface area contributed by atoms with Crippen molar-refractivity contribution in [2.75, 3.05) is 0 Å². The summed E-state index contributed by atoms with van der Waals surface area (Å²) in [7, 11) is 0. The molecule has 0 aromatic heterocycles. The summed E-state index contributed by atoms with van der Waals surface area (Å²) in [5.41, 5.74) is 0. The van der Waals surface area contributed by atoms with Gasteiger partial charge in [-0.25, -0.2) is 0 Å². The summed E-state index contributed by atoms with van der Waals surface area (Å²) in [4.78, 5) is 0. The van der Waals surface area contributed by atoms with E-state index in [0.29, 0.717) is 0 Å². The molecule has 0 aliphatic carbocycles. The number of thiocarbonyl (C=S) groups is 1. The second-order valence-electron chi connectivity index (χ2n) is 0.204. The van der Waals surface area contributed by atoms with Crippen molar-refractivity contribution >= 4 is 17.6 Å². The standard InChI is InChI=1S/C2H3S.CH3.V/c1-2-3;;/h1H3;1H3;/q2*-1;+2. The van der Waals surface area contributed by atoms with Crippen LogP contribution in [0.5, 0.6) is 0 Å². The minimum atomic E-state index is 0. The van der Waals surface area contributed by atoms with Gasteiger partial charge in [-0.15, -0.1) is 0 Å². The van der Waals surface area contributed by atoms with Crippen LogP contribution >= 0.6 is 12.2 Å². The maximum atomic E-state index is 4.14. The van der Waals surface area contributed by atoms with Gasteiger partial charge in [-0.3, -0.25) is 0 Å². The molecule has 0 aromatic rings. The summed E-state index contributed by atoms with van der Waals surface area (Å²) in [6.45, 7) is 1.69. The van der Waals surface area contributed by atoms with Crippen LogP contribution in [0.1, 0.15) is 6.92 Å². The Morgan fingerprint density at radius 3 is 1.60 bits per heavy atom. The molecule has 0 unspecified atom stereocenters. The van der Waals surface area contributed by atoms with Crippen LogP contribution in [0.3, 0.4) is 0 Å². The Balaban J connectivity index is -0.0000000200. The molecule has 0 aromatic carbocycles. The van der Waals surface area contributed by atoms with Crippen LogP contribution in [0.4, 0.5) is 0 Å². The summed E-state index contributed by atoms with van der Waals surface area (Å²) < 4.78 is 0. The molecule has 0 fully saturated rings. The normalized spacial score (nSPS) is 2.60. The Labute approximate surface area is 50.8 Å². The van der Waals surface area contributed by atoms with Crippen molar-refractivity contribution in [2.45, 2.75) is 6.92 Å². The molecule has 0 aliphatic heterocycles. The molecule has 0 rings (SSSR count). The molecule has 29 valence electrons. The number of hydrogen-bond donors (Lipinski definition) is 0. The van der Waals surface area contributed by atoms with Crippen LogP contribution in [0.25, 0.3) is 0 Å². The predicted octanol–water partition coefficient (Wildman–Crippen LogP) is 1.33. The molecule has 1 radical (unpaired) electrons. The maximum Gasteiger partial charge on any atom is 2.00 e. The largest absolute Gasteiger partial charge is 2.00 e. The topological polar surface area (TPSA) is 0 Å². The Morgan fingerprint density at radius 2 is 1.60 bits per heavy atom. The molecule has 0 saturated carbocycles. The van der Waals surface area contributed by atoms with E-state index in [1.54, 1.807) is 6.92 Å². The molecule has 5 heavy (non-hydrogen) atoms. The fraction of sp³-hybridized carbons (Fsp3) is 0.333. The quantitative estimate of drug-likeness (QED) is 0.347. The Kier molecular flexibility index (Phi) is 78.0. The third kappa shape index (κ3) is 73.5. The third-order valence-corrected chi connectivity index (χ3v) is 0. The van der Waals surface area contributed by atoms with E-state index in [4.69, 9.17) is 0 Å².